The fraction of sp³-hybridized carbons (Fsp3) is 0.0769. The van der Waals surface area contributed by atoms with Gasteiger partial charge in [0.25, 0.3) is 0 Å². The highest BCUT2D eigenvalue weighted by molar-refractivity contribution is 6.20. The second-order valence-electron chi connectivity index (χ2n) is 6.92. The molecule has 0 saturated heterocycles. The zero-order valence-corrected chi connectivity index (χ0v) is 15.9. The molecule has 136 valence electrons. The molecule has 0 spiro atoms. The van der Waals surface area contributed by atoms with Gasteiger partial charge in [-0.15, -0.1) is 0 Å². The van der Waals surface area contributed by atoms with Crippen LogP contribution in [-0.2, 0) is 0 Å². The van der Waals surface area contributed by atoms with Gasteiger partial charge in [-0.25, -0.2) is 0 Å². The molecule has 5 rings (SSSR count). The van der Waals surface area contributed by atoms with Gasteiger partial charge in [0.1, 0.15) is 11.5 Å². The van der Waals surface area contributed by atoms with E-state index < -0.39 is 0 Å². The second-order valence-corrected chi connectivity index (χ2v) is 6.92. The Morgan fingerprint density at radius 3 is 1.32 bits per heavy atom. The van der Waals surface area contributed by atoms with Crippen LogP contribution in [0.3, 0.4) is 0 Å². The molecule has 0 unspecified atom stereocenters. The monoisotopic (exact) mass is 364 g/mol. The molecule has 0 bridgehead atoms. The lowest BCUT2D eigenvalue weighted by Crippen LogP contribution is -1.92. The summed E-state index contributed by atoms with van der Waals surface area (Å²) in [4.78, 5) is 0. The second kappa shape index (κ2) is 6.58. The Bertz CT molecular complexity index is 1110. The van der Waals surface area contributed by atoms with Gasteiger partial charge < -0.3 is 9.47 Å². The summed E-state index contributed by atoms with van der Waals surface area (Å²) in [6.45, 7) is 0. The first-order valence-corrected chi connectivity index (χ1v) is 9.36. The van der Waals surface area contributed by atoms with Crippen LogP contribution in [0.25, 0.3) is 21.9 Å². The van der Waals surface area contributed by atoms with E-state index in [4.69, 9.17) is 9.47 Å². The molecule has 0 amide bonds. The lowest BCUT2D eigenvalue weighted by atomic mass is 9.92. The van der Waals surface area contributed by atoms with Crippen LogP contribution in [0.15, 0.2) is 84.9 Å². The first-order valence-electron chi connectivity index (χ1n) is 9.36. The number of methoxy groups -OCH3 is 2. The molecule has 0 atom stereocenters. The van der Waals surface area contributed by atoms with E-state index in [1.54, 1.807) is 14.2 Å². The van der Waals surface area contributed by atoms with Crippen molar-refractivity contribution < 1.29 is 9.47 Å². The maximum absolute atomic E-state index is 5.36. The molecule has 1 aliphatic carbocycles. The molecule has 4 aromatic carbocycles. The van der Waals surface area contributed by atoms with Crippen LogP contribution >= 0.6 is 0 Å². The zero-order chi connectivity index (χ0) is 19.1. The zero-order valence-electron chi connectivity index (χ0n) is 15.9. The maximum atomic E-state index is 5.36. The minimum Gasteiger partial charge on any atom is -0.497 e. The third kappa shape index (κ3) is 2.49. The van der Waals surface area contributed by atoms with Crippen LogP contribution in [0.1, 0.15) is 22.3 Å². The lowest BCUT2D eigenvalue weighted by molar-refractivity contribution is 0.414. The first kappa shape index (κ1) is 16.6. The van der Waals surface area contributed by atoms with Gasteiger partial charge in [-0.05, 0) is 68.4 Å². The Balaban J connectivity index is 1.81. The first-order chi connectivity index (χ1) is 13.8. The highest BCUT2D eigenvalue weighted by Gasteiger charge is 2.26. The molecule has 0 N–H and O–H groups in total. The molecular formula is C26H20O2. The fourth-order valence-electron chi connectivity index (χ4n) is 4.14. The van der Waals surface area contributed by atoms with Gasteiger partial charge in [0.05, 0.1) is 14.2 Å². The molecule has 0 aliphatic heterocycles. The van der Waals surface area contributed by atoms with Crippen molar-refractivity contribution in [2.75, 3.05) is 14.2 Å². The normalized spacial score (nSPS) is 12.5. The number of ether oxygens (including phenoxy) is 2. The largest absolute Gasteiger partial charge is 0.497 e. The molecule has 0 aromatic heterocycles. The lowest BCUT2D eigenvalue weighted by Gasteiger charge is -2.12. The van der Waals surface area contributed by atoms with Crippen LogP contribution in [0.4, 0.5) is 0 Å². The van der Waals surface area contributed by atoms with Crippen LogP contribution in [0, 0.1) is 0 Å². The van der Waals surface area contributed by atoms with Gasteiger partial charge in [0.2, 0.25) is 0 Å². The van der Waals surface area contributed by atoms with E-state index in [1.807, 2.05) is 24.3 Å². The maximum Gasteiger partial charge on any atom is 0.118 e. The predicted octanol–water partition coefficient (Wildman–Crippen LogP) is 6.18. The van der Waals surface area contributed by atoms with E-state index in [2.05, 4.69) is 60.7 Å². The summed E-state index contributed by atoms with van der Waals surface area (Å²) in [6, 6.07) is 29.8. The van der Waals surface area contributed by atoms with E-state index in [1.165, 1.54) is 44.2 Å². The van der Waals surface area contributed by atoms with Crippen molar-refractivity contribution in [3.05, 3.63) is 107 Å². The summed E-state index contributed by atoms with van der Waals surface area (Å²) >= 11 is 0. The van der Waals surface area contributed by atoms with Crippen molar-refractivity contribution in [3.63, 3.8) is 0 Å². The third-order valence-corrected chi connectivity index (χ3v) is 5.45. The Morgan fingerprint density at radius 1 is 0.500 bits per heavy atom. The van der Waals surface area contributed by atoms with Crippen LogP contribution < -0.4 is 9.47 Å². The summed E-state index contributed by atoms with van der Waals surface area (Å²) < 4.78 is 10.7. The molecular weight excluding hydrogens is 344 g/mol. The molecule has 0 heterocycles. The van der Waals surface area contributed by atoms with Gasteiger partial charge >= 0.3 is 0 Å². The molecule has 4 aromatic rings. The van der Waals surface area contributed by atoms with E-state index in [-0.39, 0.29) is 0 Å². The molecule has 2 nitrogen and oxygen atoms in total. The van der Waals surface area contributed by atoms with E-state index in [9.17, 15) is 0 Å². The minimum atomic E-state index is 0.865. The average Bonchev–Trinajstić information content (AvgIpc) is 3.10. The summed E-state index contributed by atoms with van der Waals surface area (Å²) in [5, 5.41) is 2.59. The van der Waals surface area contributed by atoms with Crippen molar-refractivity contribution in [2.24, 2.45) is 0 Å². The quantitative estimate of drug-likeness (QED) is 0.379. The van der Waals surface area contributed by atoms with Crippen LogP contribution in [-0.4, -0.2) is 14.2 Å². The molecule has 2 heteroatoms. The smallest absolute Gasteiger partial charge is 0.118 e. The Hall–Kier alpha value is -3.52. The Kier molecular flexibility index (Phi) is 3.91. The molecule has 1 aliphatic rings. The third-order valence-electron chi connectivity index (χ3n) is 5.45. The number of hydrogen-bond acceptors (Lipinski definition) is 2. The molecule has 0 saturated carbocycles. The summed E-state index contributed by atoms with van der Waals surface area (Å²) in [5.74, 6) is 1.73. The highest BCUT2D eigenvalue weighted by atomic mass is 16.5. The fourth-order valence-corrected chi connectivity index (χ4v) is 4.14. The van der Waals surface area contributed by atoms with Crippen molar-refractivity contribution >= 4 is 21.9 Å². The Labute approximate surface area is 164 Å². The van der Waals surface area contributed by atoms with Crippen molar-refractivity contribution in [2.45, 2.75) is 0 Å². The van der Waals surface area contributed by atoms with Gasteiger partial charge in [0, 0.05) is 0 Å². The minimum absolute atomic E-state index is 0.865. The molecule has 0 radical (unpaired) electrons. The standard InChI is InChI=1S/C26H20O2/c1-27-20-13-9-18(10-14-20)25-22-7-3-5-17-6-4-8-23(24(17)22)26(25)19-11-15-21(28-2)16-12-19/h3-16H,1-2H3. The van der Waals surface area contributed by atoms with Crippen LogP contribution in [0.2, 0.25) is 0 Å². The summed E-state index contributed by atoms with van der Waals surface area (Å²) in [6.07, 6.45) is 0. The number of hydrogen-bond donors (Lipinski definition) is 0. The summed E-state index contributed by atoms with van der Waals surface area (Å²) in [7, 11) is 3.40. The van der Waals surface area contributed by atoms with Crippen molar-refractivity contribution in [3.8, 4) is 11.5 Å². The van der Waals surface area contributed by atoms with Gasteiger partial charge in [-0.2, -0.15) is 0 Å². The van der Waals surface area contributed by atoms with E-state index in [0.29, 0.717) is 0 Å². The number of rotatable bonds is 4. The number of benzene rings is 4. The predicted molar refractivity (Wildman–Crippen MR) is 115 cm³/mol. The van der Waals surface area contributed by atoms with Gasteiger partial charge in [-0.1, -0.05) is 60.7 Å². The van der Waals surface area contributed by atoms with Crippen molar-refractivity contribution in [1.29, 1.82) is 0 Å². The average molecular weight is 364 g/mol. The topological polar surface area (TPSA) is 18.5 Å². The van der Waals surface area contributed by atoms with Crippen molar-refractivity contribution in [1.82, 2.24) is 0 Å². The van der Waals surface area contributed by atoms with Gasteiger partial charge in [0.15, 0.2) is 0 Å². The highest BCUT2D eigenvalue weighted by Crippen LogP contribution is 2.48. The Morgan fingerprint density at radius 2 is 0.929 bits per heavy atom. The SMILES string of the molecule is COc1ccc(C2=C(c3ccc(OC)cc3)c3cccc4cccc2c34)cc1. The van der Waals surface area contributed by atoms with E-state index >= 15 is 0 Å². The molecule has 0 fully saturated rings. The van der Waals surface area contributed by atoms with Crippen LogP contribution in [0.5, 0.6) is 11.5 Å². The summed E-state index contributed by atoms with van der Waals surface area (Å²) in [5.41, 5.74) is 7.47. The van der Waals surface area contributed by atoms with E-state index in [0.717, 1.165) is 11.5 Å². The molecule has 28 heavy (non-hydrogen) atoms. The van der Waals surface area contributed by atoms with Gasteiger partial charge in [-0.3, -0.25) is 0 Å².